The van der Waals surface area contributed by atoms with Crippen LogP contribution in [0.15, 0.2) is 10.7 Å². The number of aromatic nitrogens is 4. The highest BCUT2D eigenvalue weighted by Crippen LogP contribution is 2.31. The van der Waals surface area contributed by atoms with Gasteiger partial charge in [-0.3, -0.25) is 4.68 Å². The molecular weight excluding hydrogens is 314 g/mol. The van der Waals surface area contributed by atoms with E-state index in [1.165, 1.54) is 11.5 Å². The Hall–Kier alpha value is -0.790. The van der Waals surface area contributed by atoms with Crippen LogP contribution in [0.2, 0.25) is 0 Å². The Kier molecular flexibility index (Phi) is 4.14. The molecule has 98 valence electrons. The molecule has 0 radical (unpaired) electrons. The van der Waals surface area contributed by atoms with Gasteiger partial charge in [-0.15, -0.1) is 5.10 Å². The minimum Gasteiger partial charge on any atom is -0.318 e. The van der Waals surface area contributed by atoms with Gasteiger partial charge >= 0.3 is 0 Å². The van der Waals surface area contributed by atoms with Gasteiger partial charge in [0.05, 0.1) is 33.0 Å². The van der Waals surface area contributed by atoms with E-state index in [9.17, 15) is 0 Å². The first-order valence-electron chi connectivity index (χ1n) is 5.85. The van der Waals surface area contributed by atoms with Crippen molar-refractivity contribution < 1.29 is 0 Å². The molecule has 5 nitrogen and oxygen atoms in total. The van der Waals surface area contributed by atoms with Gasteiger partial charge in [-0.25, -0.2) is 0 Å². The van der Waals surface area contributed by atoms with Gasteiger partial charge in [0.1, 0.15) is 0 Å². The van der Waals surface area contributed by atoms with Crippen molar-refractivity contribution in [3.8, 4) is 0 Å². The minimum atomic E-state index is -0.237. The van der Waals surface area contributed by atoms with Crippen LogP contribution >= 0.6 is 27.5 Å². The van der Waals surface area contributed by atoms with Crippen molar-refractivity contribution in [2.75, 3.05) is 0 Å². The van der Waals surface area contributed by atoms with Crippen molar-refractivity contribution >= 4 is 27.5 Å². The maximum absolute atomic E-state index is 6.36. The quantitative estimate of drug-likeness (QED) is 0.936. The summed E-state index contributed by atoms with van der Waals surface area (Å²) in [4.78, 5) is 1.01. The third-order valence-corrected chi connectivity index (χ3v) is 4.23. The highest BCUT2D eigenvalue weighted by Gasteiger charge is 2.23. The maximum atomic E-state index is 6.36. The lowest BCUT2D eigenvalue weighted by molar-refractivity contribution is 0.499. The van der Waals surface area contributed by atoms with E-state index in [1.807, 2.05) is 4.68 Å². The van der Waals surface area contributed by atoms with Crippen molar-refractivity contribution in [3.05, 3.63) is 26.9 Å². The topological polar surface area (TPSA) is 69.6 Å². The minimum absolute atomic E-state index is 0.237. The molecule has 0 aromatic carbocycles. The Morgan fingerprint density at radius 1 is 1.50 bits per heavy atom. The van der Waals surface area contributed by atoms with Gasteiger partial charge < -0.3 is 5.73 Å². The highest BCUT2D eigenvalue weighted by molar-refractivity contribution is 9.10. The normalized spacial score (nSPS) is 13.2. The number of hydrogen-bond acceptors (Lipinski definition) is 5. The molecule has 0 bridgehead atoms. The summed E-state index contributed by atoms with van der Waals surface area (Å²) >= 11 is 4.88. The number of halogens is 1. The lowest BCUT2D eigenvalue weighted by Crippen LogP contribution is -2.19. The van der Waals surface area contributed by atoms with Crippen LogP contribution in [0.5, 0.6) is 0 Å². The van der Waals surface area contributed by atoms with Gasteiger partial charge in [0, 0.05) is 6.04 Å². The van der Waals surface area contributed by atoms with Crippen LogP contribution < -0.4 is 5.73 Å². The standard InChI is InChI=1S/C11H16BrN5S/c1-4-8-11(18-16-15-8)9(13)10-7(12)5-14-17(10)6(2)3/h5-6,9H,4,13H2,1-3H3. The van der Waals surface area contributed by atoms with Crippen molar-refractivity contribution in [2.45, 2.75) is 39.3 Å². The molecule has 0 aliphatic carbocycles. The van der Waals surface area contributed by atoms with E-state index in [0.717, 1.165) is 27.2 Å². The summed E-state index contributed by atoms with van der Waals surface area (Å²) in [6.07, 6.45) is 2.63. The molecule has 1 atom stereocenters. The Morgan fingerprint density at radius 3 is 2.83 bits per heavy atom. The summed E-state index contributed by atoms with van der Waals surface area (Å²) in [5.74, 6) is 0. The van der Waals surface area contributed by atoms with E-state index in [1.54, 1.807) is 6.20 Å². The van der Waals surface area contributed by atoms with E-state index in [4.69, 9.17) is 5.73 Å². The average Bonchev–Trinajstić information content (AvgIpc) is 2.93. The van der Waals surface area contributed by atoms with E-state index in [-0.39, 0.29) is 12.1 Å². The third kappa shape index (κ3) is 2.34. The molecule has 0 aliphatic heterocycles. The number of nitrogens with zero attached hydrogens (tertiary/aromatic N) is 4. The number of hydrogen-bond donors (Lipinski definition) is 1. The largest absolute Gasteiger partial charge is 0.318 e. The van der Waals surface area contributed by atoms with Crippen LogP contribution in [0.25, 0.3) is 0 Å². The molecule has 2 heterocycles. The predicted molar refractivity (Wildman–Crippen MR) is 75.6 cm³/mol. The van der Waals surface area contributed by atoms with Crippen LogP contribution in [-0.4, -0.2) is 19.4 Å². The van der Waals surface area contributed by atoms with Gasteiger partial charge in [-0.2, -0.15) is 5.10 Å². The first kappa shape index (κ1) is 13.6. The molecule has 0 amide bonds. The molecule has 2 aromatic rings. The van der Waals surface area contributed by atoms with E-state index in [0.29, 0.717) is 0 Å². The molecule has 18 heavy (non-hydrogen) atoms. The second kappa shape index (κ2) is 5.46. The summed E-state index contributed by atoms with van der Waals surface area (Å²) < 4.78 is 6.86. The third-order valence-electron chi connectivity index (χ3n) is 2.77. The monoisotopic (exact) mass is 329 g/mol. The Balaban J connectivity index is 2.45. The van der Waals surface area contributed by atoms with Gasteiger partial charge in [-0.05, 0) is 47.7 Å². The van der Waals surface area contributed by atoms with Gasteiger partial charge in [-0.1, -0.05) is 11.4 Å². The Labute approximate surface area is 119 Å². The molecule has 0 spiro atoms. The fourth-order valence-corrected chi connectivity index (χ4v) is 3.14. The van der Waals surface area contributed by atoms with Crippen LogP contribution in [-0.2, 0) is 6.42 Å². The summed E-state index contributed by atoms with van der Waals surface area (Å²) in [7, 11) is 0. The van der Waals surface area contributed by atoms with E-state index < -0.39 is 0 Å². The molecule has 2 rings (SSSR count). The molecule has 0 saturated heterocycles. The van der Waals surface area contributed by atoms with Gasteiger partial charge in [0.2, 0.25) is 0 Å². The van der Waals surface area contributed by atoms with E-state index >= 15 is 0 Å². The molecule has 2 N–H and O–H groups in total. The van der Waals surface area contributed by atoms with Crippen molar-refractivity contribution in [2.24, 2.45) is 5.73 Å². The van der Waals surface area contributed by atoms with Crippen LogP contribution in [0.4, 0.5) is 0 Å². The molecule has 0 aliphatic rings. The predicted octanol–water partition coefficient (Wildman–Crippen LogP) is 2.69. The summed E-state index contributed by atoms with van der Waals surface area (Å²) in [5.41, 5.74) is 8.31. The molecule has 0 fully saturated rings. The summed E-state index contributed by atoms with van der Waals surface area (Å²) in [6.45, 7) is 6.23. The molecule has 7 heteroatoms. The number of rotatable bonds is 4. The van der Waals surface area contributed by atoms with Crippen LogP contribution in [0, 0.1) is 0 Å². The summed E-state index contributed by atoms with van der Waals surface area (Å²) in [5, 5.41) is 8.47. The van der Waals surface area contributed by atoms with Crippen molar-refractivity contribution in [1.82, 2.24) is 19.4 Å². The zero-order valence-electron chi connectivity index (χ0n) is 10.6. The molecule has 1 unspecified atom stereocenters. The Bertz CT molecular complexity index is 533. The highest BCUT2D eigenvalue weighted by atomic mass is 79.9. The lowest BCUT2D eigenvalue weighted by Gasteiger charge is -2.16. The van der Waals surface area contributed by atoms with Crippen molar-refractivity contribution in [1.29, 1.82) is 0 Å². The van der Waals surface area contributed by atoms with Crippen LogP contribution in [0.1, 0.15) is 49.1 Å². The smallest absolute Gasteiger partial charge is 0.0863 e. The SMILES string of the molecule is CCc1nnsc1C(N)c1c(Br)cnn1C(C)C. The number of aryl methyl sites for hydroxylation is 1. The second-order valence-electron chi connectivity index (χ2n) is 4.33. The first-order valence-corrected chi connectivity index (χ1v) is 7.42. The van der Waals surface area contributed by atoms with Crippen LogP contribution in [0.3, 0.4) is 0 Å². The first-order chi connectivity index (χ1) is 8.56. The van der Waals surface area contributed by atoms with Gasteiger partial charge in [0.15, 0.2) is 0 Å². The average molecular weight is 330 g/mol. The van der Waals surface area contributed by atoms with E-state index in [2.05, 4.69) is 51.4 Å². The zero-order chi connectivity index (χ0) is 13.3. The molecule has 2 aromatic heterocycles. The summed E-state index contributed by atoms with van der Waals surface area (Å²) in [6, 6.07) is 0.0301. The molecule has 0 saturated carbocycles. The fourth-order valence-electron chi connectivity index (χ4n) is 1.87. The zero-order valence-corrected chi connectivity index (χ0v) is 13.0. The van der Waals surface area contributed by atoms with Crippen molar-refractivity contribution in [3.63, 3.8) is 0 Å². The second-order valence-corrected chi connectivity index (χ2v) is 5.97. The Morgan fingerprint density at radius 2 is 2.22 bits per heavy atom. The van der Waals surface area contributed by atoms with Gasteiger partial charge in [0.25, 0.3) is 0 Å². The fraction of sp³-hybridized carbons (Fsp3) is 0.545. The lowest BCUT2D eigenvalue weighted by atomic mass is 10.1. The molecular formula is C11H16BrN5S. The number of nitrogens with two attached hydrogens (primary N) is 1. The maximum Gasteiger partial charge on any atom is 0.0863 e.